The Hall–Kier alpha value is -0.850. The molecule has 0 bridgehead atoms. The monoisotopic (exact) mass is 390 g/mol. The van der Waals surface area contributed by atoms with Gasteiger partial charge >= 0.3 is 0 Å². The van der Waals surface area contributed by atoms with Gasteiger partial charge in [0.15, 0.2) is 5.78 Å². The zero-order chi connectivity index (χ0) is 21.2. The Morgan fingerprint density at radius 3 is 1.21 bits per heavy atom. The van der Waals surface area contributed by atoms with E-state index < -0.39 is 0 Å². The molecule has 0 aliphatic carbocycles. The molecule has 0 aliphatic heterocycles. The number of unbranched alkanes of at least 4 members (excludes halogenated alkanes) is 10. The normalized spacial score (nSPS) is 13.0. The molecule has 164 valence electrons. The second-order valence-corrected chi connectivity index (χ2v) is 9.19. The topological polar surface area (TPSA) is 17.1 Å². The van der Waals surface area contributed by atoms with Gasteiger partial charge in [0.05, 0.1) is 0 Å². The van der Waals surface area contributed by atoms with Crippen molar-refractivity contribution >= 4 is 5.78 Å². The molecular weight excluding hydrogens is 340 g/mol. The van der Waals surface area contributed by atoms with E-state index in [1.54, 1.807) is 0 Å². The van der Waals surface area contributed by atoms with E-state index in [0.29, 0.717) is 11.8 Å². The zero-order valence-electron chi connectivity index (χ0n) is 20.1. The summed E-state index contributed by atoms with van der Waals surface area (Å²) in [5, 5.41) is 0. The fraction of sp³-hybridized carbons (Fsp3) is 0.815. The van der Waals surface area contributed by atoms with Gasteiger partial charge in [-0.2, -0.15) is 0 Å². The van der Waals surface area contributed by atoms with E-state index in [2.05, 4.69) is 41.5 Å². The van der Waals surface area contributed by atoms with Crippen LogP contribution in [0.5, 0.6) is 0 Å². The van der Waals surface area contributed by atoms with Gasteiger partial charge in [0.1, 0.15) is 0 Å². The maximum Gasteiger partial charge on any atom is 0.178 e. The second-order valence-electron chi connectivity index (χ2n) is 9.19. The van der Waals surface area contributed by atoms with Gasteiger partial charge in [-0.25, -0.2) is 0 Å². The Morgan fingerprint density at radius 2 is 0.893 bits per heavy atom. The number of ketones is 1. The maximum atomic E-state index is 12.7. The van der Waals surface area contributed by atoms with Crippen LogP contribution in [0.25, 0.3) is 0 Å². The van der Waals surface area contributed by atoms with Crippen LogP contribution in [0.1, 0.15) is 131 Å². The molecule has 0 N–H and O–H groups in total. The largest absolute Gasteiger partial charge is 0.290 e. The van der Waals surface area contributed by atoms with Crippen LogP contribution in [-0.4, -0.2) is 5.78 Å². The highest BCUT2D eigenvalue weighted by atomic mass is 16.1. The average molecular weight is 391 g/mol. The summed E-state index contributed by atoms with van der Waals surface area (Å²) in [6, 6.07) is 0. The van der Waals surface area contributed by atoms with E-state index in [1.807, 2.05) is 12.2 Å². The van der Waals surface area contributed by atoms with Gasteiger partial charge in [-0.15, -0.1) is 0 Å². The van der Waals surface area contributed by atoms with Gasteiger partial charge in [0, 0.05) is 0 Å². The van der Waals surface area contributed by atoms with Crippen molar-refractivity contribution < 1.29 is 4.79 Å². The van der Waals surface area contributed by atoms with Gasteiger partial charge < -0.3 is 0 Å². The first kappa shape index (κ1) is 27.1. The van der Waals surface area contributed by atoms with E-state index in [1.165, 1.54) is 88.2 Å². The Labute approximate surface area is 177 Å². The number of rotatable bonds is 18. The molecule has 0 heterocycles. The average Bonchev–Trinajstić information content (AvgIpc) is 2.64. The second kappa shape index (κ2) is 18.2. The Morgan fingerprint density at radius 1 is 0.571 bits per heavy atom. The molecule has 0 atom stereocenters. The van der Waals surface area contributed by atoms with Gasteiger partial charge in [-0.3, -0.25) is 4.79 Å². The summed E-state index contributed by atoms with van der Waals surface area (Å²) >= 11 is 0. The first-order chi connectivity index (χ1) is 13.4. The van der Waals surface area contributed by atoms with Crippen molar-refractivity contribution in [3.8, 4) is 0 Å². The number of carbonyl (C=O) groups is 1. The Kier molecular flexibility index (Phi) is 17.6. The third kappa shape index (κ3) is 15.1. The Bertz CT molecular complexity index is 399. The molecular formula is C27H50O. The summed E-state index contributed by atoms with van der Waals surface area (Å²) in [5.74, 6) is 1.15. The molecule has 0 saturated carbocycles. The van der Waals surface area contributed by atoms with Crippen LogP contribution >= 0.6 is 0 Å². The van der Waals surface area contributed by atoms with E-state index >= 15 is 0 Å². The molecule has 0 amide bonds. The molecule has 0 spiro atoms. The number of hydrogen-bond acceptors (Lipinski definition) is 1. The molecule has 0 aromatic heterocycles. The highest BCUT2D eigenvalue weighted by molar-refractivity contribution is 6.00. The van der Waals surface area contributed by atoms with Crippen LogP contribution < -0.4 is 0 Å². The Balaban J connectivity index is 4.57. The molecule has 0 aromatic carbocycles. The molecule has 0 rings (SSSR count). The lowest BCUT2D eigenvalue weighted by Gasteiger charge is -2.13. The van der Waals surface area contributed by atoms with Crippen LogP contribution in [-0.2, 0) is 4.79 Å². The van der Waals surface area contributed by atoms with E-state index in [-0.39, 0.29) is 5.78 Å². The van der Waals surface area contributed by atoms with E-state index in [9.17, 15) is 4.79 Å². The van der Waals surface area contributed by atoms with Crippen molar-refractivity contribution in [3.05, 3.63) is 23.3 Å². The van der Waals surface area contributed by atoms with Gasteiger partial charge in [-0.1, -0.05) is 117 Å². The first-order valence-corrected chi connectivity index (χ1v) is 12.4. The fourth-order valence-corrected chi connectivity index (χ4v) is 3.68. The minimum Gasteiger partial charge on any atom is -0.290 e. The van der Waals surface area contributed by atoms with Crippen molar-refractivity contribution in [2.45, 2.75) is 131 Å². The van der Waals surface area contributed by atoms with Crippen molar-refractivity contribution in [2.75, 3.05) is 0 Å². The third-order valence-corrected chi connectivity index (χ3v) is 5.78. The smallest absolute Gasteiger partial charge is 0.178 e. The van der Waals surface area contributed by atoms with Crippen LogP contribution in [0, 0.1) is 11.8 Å². The molecule has 1 heteroatoms. The lowest BCUT2D eigenvalue weighted by Crippen LogP contribution is -2.02. The highest BCUT2D eigenvalue weighted by Crippen LogP contribution is 2.21. The van der Waals surface area contributed by atoms with Gasteiger partial charge in [0.25, 0.3) is 0 Å². The standard InChI is InChI=1S/C27H50O/c1-7-9-11-13-15-17-19-25(23(3)4)21-27(28)22-26(24(5)6)20-18-16-14-12-10-8-2/h21-24H,7-20H2,1-6H3. The van der Waals surface area contributed by atoms with Gasteiger partial charge in [0.2, 0.25) is 0 Å². The number of carbonyl (C=O) groups excluding carboxylic acids is 1. The summed E-state index contributed by atoms with van der Waals surface area (Å²) in [5.41, 5.74) is 2.67. The summed E-state index contributed by atoms with van der Waals surface area (Å²) in [6.07, 6.45) is 21.8. The van der Waals surface area contributed by atoms with E-state index in [0.717, 1.165) is 12.8 Å². The fourth-order valence-electron chi connectivity index (χ4n) is 3.68. The van der Waals surface area contributed by atoms with Crippen molar-refractivity contribution in [2.24, 2.45) is 11.8 Å². The molecule has 1 nitrogen and oxygen atoms in total. The molecule has 0 radical (unpaired) electrons. The summed E-state index contributed by atoms with van der Waals surface area (Å²) in [4.78, 5) is 12.7. The minimum absolute atomic E-state index is 0.212. The molecule has 28 heavy (non-hydrogen) atoms. The number of hydrogen-bond donors (Lipinski definition) is 0. The van der Waals surface area contributed by atoms with Crippen molar-refractivity contribution in [1.82, 2.24) is 0 Å². The van der Waals surface area contributed by atoms with Crippen LogP contribution in [0.4, 0.5) is 0 Å². The summed E-state index contributed by atoms with van der Waals surface area (Å²) < 4.78 is 0. The predicted molar refractivity (Wildman–Crippen MR) is 127 cm³/mol. The summed E-state index contributed by atoms with van der Waals surface area (Å²) in [6.45, 7) is 13.4. The van der Waals surface area contributed by atoms with Crippen LogP contribution in [0.3, 0.4) is 0 Å². The third-order valence-electron chi connectivity index (χ3n) is 5.78. The number of allylic oxidation sites excluding steroid dienone is 4. The van der Waals surface area contributed by atoms with Crippen molar-refractivity contribution in [1.29, 1.82) is 0 Å². The predicted octanol–water partition coefficient (Wildman–Crippen LogP) is 9.22. The van der Waals surface area contributed by atoms with E-state index in [4.69, 9.17) is 0 Å². The lowest BCUT2D eigenvalue weighted by molar-refractivity contribution is -0.110. The van der Waals surface area contributed by atoms with Gasteiger partial charge in [-0.05, 0) is 49.7 Å². The molecule has 0 fully saturated rings. The molecule has 0 aliphatic rings. The van der Waals surface area contributed by atoms with Crippen LogP contribution in [0.2, 0.25) is 0 Å². The molecule has 0 aromatic rings. The lowest BCUT2D eigenvalue weighted by atomic mass is 9.93. The maximum absolute atomic E-state index is 12.7. The quantitative estimate of drug-likeness (QED) is 0.168. The SMILES string of the molecule is CCCCCCCCC(=CC(=O)C=C(CCCCCCCC)C(C)C)C(C)C. The van der Waals surface area contributed by atoms with Crippen LogP contribution in [0.15, 0.2) is 23.3 Å². The zero-order valence-corrected chi connectivity index (χ0v) is 20.1. The molecule has 0 saturated heterocycles. The molecule has 0 unspecified atom stereocenters. The minimum atomic E-state index is 0.212. The first-order valence-electron chi connectivity index (χ1n) is 12.4. The summed E-state index contributed by atoms with van der Waals surface area (Å²) in [7, 11) is 0. The highest BCUT2D eigenvalue weighted by Gasteiger charge is 2.09. The van der Waals surface area contributed by atoms with Crippen molar-refractivity contribution in [3.63, 3.8) is 0 Å².